The van der Waals surface area contributed by atoms with Gasteiger partial charge in [-0.15, -0.1) is 10.2 Å². The SMILES string of the molecule is O=C(CSc1nnc(-c2ccncc2)n1-c1ccccc1)N1CCC(Cc2ccccc2)CC1. The molecule has 1 amide bonds. The van der Waals surface area contributed by atoms with E-state index in [-0.39, 0.29) is 5.91 Å². The number of piperidine rings is 1. The van der Waals surface area contributed by atoms with Gasteiger partial charge >= 0.3 is 0 Å². The maximum atomic E-state index is 13.0. The minimum Gasteiger partial charge on any atom is -0.342 e. The molecule has 1 fully saturated rings. The normalized spacial score (nSPS) is 14.3. The number of benzene rings is 2. The zero-order valence-electron chi connectivity index (χ0n) is 19.0. The average Bonchev–Trinajstić information content (AvgIpc) is 3.33. The summed E-state index contributed by atoms with van der Waals surface area (Å²) in [5.41, 5.74) is 3.29. The van der Waals surface area contributed by atoms with Gasteiger partial charge in [0.2, 0.25) is 5.91 Å². The summed E-state index contributed by atoms with van der Waals surface area (Å²) in [6, 6.07) is 24.5. The van der Waals surface area contributed by atoms with Gasteiger partial charge in [0.25, 0.3) is 0 Å². The summed E-state index contributed by atoms with van der Waals surface area (Å²) in [5, 5.41) is 9.59. The Labute approximate surface area is 204 Å². The second-order valence-electron chi connectivity index (χ2n) is 8.52. The van der Waals surface area contributed by atoms with E-state index in [9.17, 15) is 4.79 Å². The van der Waals surface area contributed by atoms with E-state index in [1.54, 1.807) is 12.4 Å². The molecule has 7 heteroatoms. The fourth-order valence-electron chi connectivity index (χ4n) is 4.41. The van der Waals surface area contributed by atoms with Gasteiger partial charge in [-0.2, -0.15) is 0 Å². The number of aromatic nitrogens is 4. The van der Waals surface area contributed by atoms with Gasteiger partial charge in [0.1, 0.15) is 0 Å². The molecule has 2 aromatic heterocycles. The van der Waals surface area contributed by atoms with Crippen molar-refractivity contribution in [3.8, 4) is 17.1 Å². The van der Waals surface area contributed by atoms with Crippen molar-refractivity contribution in [3.63, 3.8) is 0 Å². The van der Waals surface area contributed by atoms with Crippen molar-refractivity contribution in [3.05, 3.63) is 90.8 Å². The van der Waals surface area contributed by atoms with Crippen LogP contribution in [-0.4, -0.2) is 49.4 Å². The van der Waals surface area contributed by atoms with Crippen LogP contribution in [0.2, 0.25) is 0 Å². The van der Waals surface area contributed by atoms with Gasteiger partial charge in [-0.05, 0) is 55.0 Å². The van der Waals surface area contributed by atoms with Crippen LogP contribution in [0.3, 0.4) is 0 Å². The van der Waals surface area contributed by atoms with Gasteiger partial charge < -0.3 is 4.90 Å². The molecule has 1 saturated heterocycles. The molecule has 0 saturated carbocycles. The van der Waals surface area contributed by atoms with E-state index in [0.29, 0.717) is 16.8 Å². The van der Waals surface area contributed by atoms with Gasteiger partial charge in [0, 0.05) is 36.7 Å². The summed E-state index contributed by atoms with van der Waals surface area (Å²) in [4.78, 5) is 19.1. The monoisotopic (exact) mass is 469 g/mol. The van der Waals surface area contributed by atoms with E-state index in [1.807, 2.05) is 51.9 Å². The number of hydrogen-bond acceptors (Lipinski definition) is 5. The lowest BCUT2D eigenvalue weighted by atomic mass is 9.90. The Hall–Kier alpha value is -3.45. The lowest BCUT2D eigenvalue weighted by Crippen LogP contribution is -2.39. The highest BCUT2D eigenvalue weighted by Crippen LogP contribution is 2.28. The zero-order chi connectivity index (χ0) is 23.2. The standard InChI is InChI=1S/C27H27N5OS/c33-25(31-17-13-22(14-18-31)19-21-7-3-1-4-8-21)20-34-27-30-29-26(23-11-15-28-16-12-23)32(27)24-9-5-2-6-10-24/h1-12,15-16,22H,13-14,17-20H2. The van der Waals surface area contributed by atoms with Crippen molar-refractivity contribution in [2.75, 3.05) is 18.8 Å². The predicted octanol–water partition coefficient (Wildman–Crippen LogP) is 4.90. The minimum absolute atomic E-state index is 0.163. The molecular formula is C27H27N5OS. The van der Waals surface area contributed by atoms with Crippen molar-refractivity contribution in [2.24, 2.45) is 5.92 Å². The Kier molecular flexibility index (Phi) is 7.00. The maximum Gasteiger partial charge on any atom is 0.233 e. The predicted molar refractivity (Wildman–Crippen MR) is 135 cm³/mol. The third-order valence-corrected chi connectivity index (χ3v) is 7.16. The van der Waals surface area contributed by atoms with Crippen LogP contribution in [0.15, 0.2) is 90.3 Å². The molecule has 0 aliphatic carbocycles. The summed E-state index contributed by atoms with van der Waals surface area (Å²) in [6.45, 7) is 1.65. The van der Waals surface area contributed by atoms with Crippen molar-refractivity contribution in [1.82, 2.24) is 24.6 Å². The van der Waals surface area contributed by atoms with Crippen molar-refractivity contribution in [2.45, 2.75) is 24.4 Å². The number of carbonyl (C=O) groups excluding carboxylic acids is 1. The Morgan fingerprint density at radius 3 is 2.26 bits per heavy atom. The van der Waals surface area contributed by atoms with Gasteiger partial charge in [-0.25, -0.2) is 0 Å². The quantitative estimate of drug-likeness (QED) is 0.360. The summed E-state index contributed by atoms with van der Waals surface area (Å²) in [7, 11) is 0. The number of amides is 1. The molecule has 34 heavy (non-hydrogen) atoms. The Balaban J connectivity index is 1.24. The Morgan fingerprint density at radius 2 is 1.56 bits per heavy atom. The van der Waals surface area contributed by atoms with Gasteiger partial charge in [-0.1, -0.05) is 60.3 Å². The van der Waals surface area contributed by atoms with Gasteiger partial charge in [0.05, 0.1) is 5.75 Å². The zero-order valence-corrected chi connectivity index (χ0v) is 19.8. The van der Waals surface area contributed by atoms with E-state index < -0.39 is 0 Å². The minimum atomic E-state index is 0.163. The molecule has 1 aliphatic rings. The van der Waals surface area contributed by atoms with Crippen LogP contribution < -0.4 is 0 Å². The molecular weight excluding hydrogens is 442 g/mol. The summed E-state index contributed by atoms with van der Waals surface area (Å²) in [6.07, 6.45) is 6.69. The average molecular weight is 470 g/mol. The molecule has 5 rings (SSSR count). The van der Waals surface area contributed by atoms with Crippen molar-refractivity contribution < 1.29 is 4.79 Å². The van der Waals surface area contributed by atoms with Crippen LogP contribution in [0.4, 0.5) is 0 Å². The molecule has 0 radical (unpaired) electrons. The number of hydrogen-bond donors (Lipinski definition) is 0. The van der Waals surface area contributed by atoms with Crippen LogP contribution in [0.5, 0.6) is 0 Å². The second-order valence-corrected chi connectivity index (χ2v) is 9.46. The largest absolute Gasteiger partial charge is 0.342 e. The second kappa shape index (κ2) is 10.7. The van der Waals surface area contributed by atoms with Crippen LogP contribution in [0, 0.1) is 5.92 Å². The molecule has 1 aliphatic heterocycles. The molecule has 172 valence electrons. The number of rotatable bonds is 7. The fourth-order valence-corrected chi connectivity index (χ4v) is 5.27. The van der Waals surface area contributed by atoms with Crippen LogP contribution in [-0.2, 0) is 11.2 Å². The highest BCUT2D eigenvalue weighted by molar-refractivity contribution is 7.99. The first kappa shape index (κ1) is 22.3. The number of para-hydroxylation sites is 1. The maximum absolute atomic E-state index is 13.0. The Morgan fingerprint density at radius 1 is 0.882 bits per heavy atom. The summed E-state index contributed by atoms with van der Waals surface area (Å²) in [5.74, 6) is 1.90. The molecule has 2 aromatic carbocycles. The van der Waals surface area contributed by atoms with Crippen molar-refractivity contribution >= 4 is 17.7 Å². The van der Waals surface area contributed by atoms with E-state index in [2.05, 4.69) is 45.5 Å². The number of nitrogens with zero attached hydrogens (tertiary/aromatic N) is 5. The molecule has 4 aromatic rings. The topological polar surface area (TPSA) is 63.9 Å². The Bertz CT molecular complexity index is 1210. The van der Waals surface area contributed by atoms with Crippen molar-refractivity contribution in [1.29, 1.82) is 0 Å². The lowest BCUT2D eigenvalue weighted by Gasteiger charge is -2.32. The van der Waals surface area contributed by atoms with E-state index >= 15 is 0 Å². The summed E-state index contributed by atoms with van der Waals surface area (Å²) < 4.78 is 2.01. The first-order valence-electron chi connectivity index (χ1n) is 11.6. The van der Waals surface area contributed by atoms with E-state index in [1.165, 1.54) is 17.3 Å². The third-order valence-electron chi connectivity index (χ3n) is 6.25. The number of pyridine rings is 1. The van der Waals surface area contributed by atoms with Gasteiger partial charge in [-0.3, -0.25) is 14.3 Å². The van der Waals surface area contributed by atoms with E-state index in [4.69, 9.17) is 0 Å². The first-order valence-corrected chi connectivity index (χ1v) is 12.6. The molecule has 0 N–H and O–H groups in total. The summed E-state index contributed by atoms with van der Waals surface area (Å²) >= 11 is 1.45. The fraction of sp³-hybridized carbons (Fsp3) is 0.259. The smallest absolute Gasteiger partial charge is 0.233 e. The van der Waals surface area contributed by atoms with Crippen LogP contribution >= 0.6 is 11.8 Å². The molecule has 6 nitrogen and oxygen atoms in total. The molecule has 0 unspecified atom stereocenters. The molecule has 0 atom stereocenters. The lowest BCUT2D eigenvalue weighted by molar-refractivity contribution is -0.129. The number of carbonyl (C=O) groups is 1. The number of likely N-dealkylation sites (tertiary alicyclic amines) is 1. The highest BCUT2D eigenvalue weighted by Gasteiger charge is 2.24. The van der Waals surface area contributed by atoms with Crippen LogP contribution in [0.1, 0.15) is 18.4 Å². The van der Waals surface area contributed by atoms with Gasteiger partial charge in [0.15, 0.2) is 11.0 Å². The number of thioether (sulfide) groups is 1. The van der Waals surface area contributed by atoms with E-state index in [0.717, 1.165) is 49.4 Å². The first-order chi connectivity index (χ1) is 16.8. The highest BCUT2D eigenvalue weighted by atomic mass is 32.2. The molecule has 3 heterocycles. The molecule has 0 bridgehead atoms. The van der Waals surface area contributed by atoms with Crippen LogP contribution in [0.25, 0.3) is 17.1 Å². The third kappa shape index (κ3) is 5.20. The molecule has 0 spiro atoms.